The van der Waals surface area contributed by atoms with Crippen LogP contribution in [0.25, 0.3) is 21.8 Å². The highest BCUT2D eigenvalue weighted by atomic mass is 16.5. The van der Waals surface area contributed by atoms with Gasteiger partial charge in [-0.05, 0) is 36.4 Å². The molecule has 1 heterocycles. The third-order valence-electron chi connectivity index (χ3n) is 4.70. The first-order valence-electron chi connectivity index (χ1n) is 8.44. The fourth-order valence-electron chi connectivity index (χ4n) is 3.40. The second-order valence-electron chi connectivity index (χ2n) is 6.13. The number of para-hydroxylation sites is 2. The fourth-order valence-corrected chi connectivity index (χ4v) is 3.40. The average Bonchev–Trinajstić information content (AvgIpc) is 2.71. The Bertz CT molecular complexity index is 1100. The Balaban J connectivity index is 1.99. The Morgan fingerprint density at radius 3 is 2.00 bits per heavy atom. The van der Waals surface area contributed by atoms with Gasteiger partial charge in [-0.3, -0.25) is 4.79 Å². The third kappa shape index (κ3) is 2.60. The Kier molecular flexibility index (Phi) is 4.09. The summed E-state index contributed by atoms with van der Waals surface area (Å²) in [5.74, 6) is 1.51. The summed E-state index contributed by atoms with van der Waals surface area (Å²) in [7, 11) is 3.29. The maximum Gasteiger partial charge on any atom is 0.197 e. The highest BCUT2D eigenvalue weighted by Gasteiger charge is 2.12. The van der Waals surface area contributed by atoms with Gasteiger partial charge in [-0.2, -0.15) is 0 Å². The van der Waals surface area contributed by atoms with E-state index in [1.165, 1.54) is 0 Å². The summed E-state index contributed by atoms with van der Waals surface area (Å²) in [6.07, 6.45) is 0. The van der Waals surface area contributed by atoms with E-state index in [0.29, 0.717) is 6.54 Å². The highest BCUT2D eigenvalue weighted by Crippen LogP contribution is 2.28. The van der Waals surface area contributed by atoms with Crippen molar-refractivity contribution in [1.82, 2.24) is 4.57 Å². The van der Waals surface area contributed by atoms with Crippen LogP contribution in [0.2, 0.25) is 0 Å². The summed E-state index contributed by atoms with van der Waals surface area (Å²) in [5.41, 5.74) is 2.91. The van der Waals surface area contributed by atoms with Gasteiger partial charge in [-0.1, -0.05) is 24.3 Å². The van der Waals surface area contributed by atoms with Crippen LogP contribution in [0.15, 0.2) is 71.5 Å². The van der Waals surface area contributed by atoms with Gasteiger partial charge >= 0.3 is 0 Å². The molecule has 1 aromatic heterocycles. The highest BCUT2D eigenvalue weighted by molar-refractivity contribution is 5.93. The van der Waals surface area contributed by atoms with Crippen molar-refractivity contribution in [2.24, 2.45) is 0 Å². The van der Waals surface area contributed by atoms with Gasteiger partial charge < -0.3 is 14.0 Å². The number of fused-ring (bicyclic) bond motifs is 2. The van der Waals surface area contributed by atoms with Crippen LogP contribution in [0, 0.1) is 0 Å². The molecule has 3 aromatic carbocycles. The van der Waals surface area contributed by atoms with Crippen molar-refractivity contribution in [3.63, 3.8) is 0 Å². The van der Waals surface area contributed by atoms with Crippen molar-refractivity contribution >= 4 is 21.8 Å². The van der Waals surface area contributed by atoms with Crippen LogP contribution >= 0.6 is 0 Å². The summed E-state index contributed by atoms with van der Waals surface area (Å²) in [4.78, 5) is 12.8. The number of rotatable bonds is 4. The molecule has 0 saturated carbocycles. The number of benzene rings is 3. The van der Waals surface area contributed by atoms with Gasteiger partial charge in [-0.15, -0.1) is 0 Å². The molecule has 0 amide bonds. The lowest BCUT2D eigenvalue weighted by atomic mass is 10.1. The minimum Gasteiger partial charge on any atom is -0.497 e. The molecule has 4 aromatic rings. The Morgan fingerprint density at radius 1 is 0.808 bits per heavy atom. The van der Waals surface area contributed by atoms with E-state index < -0.39 is 0 Å². The van der Waals surface area contributed by atoms with Crippen molar-refractivity contribution in [2.45, 2.75) is 6.54 Å². The largest absolute Gasteiger partial charge is 0.497 e. The molecule has 0 fully saturated rings. The van der Waals surface area contributed by atoms with E-state index in [2.05, 4.69) is 4.57 Å². The molecule has 4 nitrogen and oxygen atoms in total. The molecule has 0 aliphatic heterocycles. The molecule has 0 aliphatic carbocycles. The van der Waals surface area contributed by atoms with E-state index in [1.807, 2.05) is 66.7 Å². The zero-order chi connectivity index (χ0) is 18.1. The maximum absolute atomic E-state index is 12.8. The second kappa shape index (κ2) is 6.56. The fraction of sp³-hybridized carbons (Fsp3) is 0.136. The minimum atomic E-state index is 0.0640. The van der Waals surface area contributed by atoms with Crippen LogP contribution in [0.1, 0.15) is 5.56 Å². The van der Waals surface area contributed by atoms with Gasteiger partial charge in [0.1, 0.15) is 11.5 Å². The number of aromatic nitrogens is 1. The van der Waals surface area contributed by atoms with Crippen molar-refractivity contribution in [3.8, 4) is 11.5 Å². The molecule has 4 heteroatoms. The SMILES string of the molecule is COc1ccc(Cn2c3ccccc3c(=O)c3ccccc32)c(OC)c1. The lowest BCUT2D eigenvalue weighted by Gasteiger charge is -2.17. The molecule has 0 aliphatic rings. The van der Waals surface area contributed by atoms with E-state index in [1.54, 1.807) is 14.2 Å². The van der Waals surface area contributed by atoms with E-state index >= 15 is 0 Å². The average molecular weight is 345 g/mol. The normalized spacial score (nSPS) is 11.0. The molecule has 130 valence electrons. The van der Waals surface area contributed by atoms with Gasteiger partial charge in [0.15, 0.2) is 5.43 Å². The quantitative estimate of drug-likeness (QED) is 0.520. The topological polar surface area (TPSA) is 40.5 Å². The first-order chi connectivity index (χ1) is 12.7. The predicted octanol–water partition coefficient (Wildman–Crippen LogP) is 4.22. The molecule has 0 spiro atoms. The Labute approximate surface area is 151 Å². The molecule has 0 atom stereocenters. The molecular weight excluding hydrogens is 326 g/mol. The zero-order valence-corrected chi connectivity index (χ0v) is 14.7. The molecular formula is C22H19NO3. The van der Waals surface area contributed by atoms with Crippen LogP contribution in [0.5, 0.6) is 11.5 Å². The van der Waals surface area contributed by atoms with Crippen LogP contribution in [-0.2, 0) is 6.54 Å². The van der Waals surface area contributed by atoms with Crippen LogP contribution in [0.4, 0.5) is 0 Å². The lowest BCUT2D eigenvalue weighted by molar-refractivity contribution is 0.390. The van der Waals surface area contributed by atoms with Gasteiger partial charge in [0.25, 0.3) is 0 Å². The summed E-state index contributed by atoms with van der Waals surface area (Å²) < 4.78 is 13.0. The van der Waals surface area contributed by atoms with Crippen molar-refractivity contribution in [1.29, 1.82) is 0 Å². The Morgan fingerprint density at radius 2 is 1.42 bits per heavy atom. The number of hydrogen-bond donors (Lipinski definition) is 0. The molecule has 0 unspecified atom stereocenters. The van der Waals surface area contributed by atoms with Crippen LogP contribution in [0.3, 0.4) is 0 Å². The van der Waals surface area contributed by atoms with Gasteiger partial charge in [0.2, 0.25) is 0 Å². The number of hydrogen-bond acceptors (Lipinski definition) is 3. The van der Waals surface area contributed by atoms with Crippen molar-refractivity contribution in [3.05, 3.63) is 82.5 Å². The zero-order valence-electron chi connectivity index (χ0n) is 14.7. The summed E-state index contributed by atoms with van der Waals surface area (Å²) in [6, 6.07) is 21.2. The number of methoxy groups -OCH3 is 2. The Hall–Kier alpha value is -3.27. The van der Waals surface area contributed by atoms with Crippen LogP contribution in [-0.4, -0.2) is 18.8 Å². The van der Waals surface area contributed by atoms with Gasteiger partial charge in [0.05, 0.1) is 31.8 Å². The molecule has 26 heavy (non-hydrogen) atoms. The number of ether oxygens (including phenoxy) is 2. The standard InChI is InChI=1S/C22H19NO3/c1-25-16-12-11-15(21(13-16)26-2)14-23-19-9-5-3-7-17(19)22(24)18-8-4-6-10-20(18)23/h3-13H,14H2,1-2H3. The van der Waals surface area contributed by atoms with E-state index in [4.69, 9.17) is 9.47 Å². The molecule has 0 saturated heterocycles. The van der Waals surface area contributed by atoms with Gasteiger partial charge in [-0.25, -0.2) is 0 Å². The first kappa shape index (κ1) is 16.2. The maximum atomic E-state index is 12.8. The molecule has 0 radical (unpaired) electrons. The minimum absolute atomic E-state index is 0.0640. The number of pyridine rings is 1. The van der Waals surface area contributed by atoms with E-state index in [9.17, 15) is 4.79 Å². The summed E-state index contributed by atoms with van der Waals surface area (Å²) in [5, 5.41) is 1.44. The molecule has 0 N–H and O–H groups in total. The number of nitrogens with zero attached hydrogens (tertiary/aromatic N) is 1. The third-order valence-corrected chi connectivity index (χ3v) is 4.70. The van der Waals surface area contributed by atoms with Crippen LogP contribution < -0.4 is 14.9 Å². The second-order valence-corrected chi connectivity index (χ2v) is 6.13. The molecule has 4 rings (SSSR count). The van der Waals surface area contributed by atoms with Crippen molar-refractivity contribution < 1.29 is 9.47 Å². The van der Waals surface area contributed by atoms with E-state index in [-0.39, 0.29) is 5.43 Å². The summed E-state index contributed by atoms with van der Waals surface area (Å²) >= 11 is 0. The van der Waals surface area contributed by atoms with Crippen molar-refractivity contribution in [2.75, 3.05) is 14.2 Å². The van der Waals surface area contributed by atoms with E-state index in [0.717, 1.165) is 38.9 Å². The van der Waals surface area contributed by atoms with Gasteiger partial charge in [0, 0.05) is 22.4 Å². The monoisotopic (exact) mass is 345 g/mol. The first-order valence-corrected chi connectivity index (χ1v) is 8.44. The lowest BCUT2D eigenvalue weighted by Crippen LogP contribution is -2.12. The summed E-state index contributed by atoms with van der Waals surface area (Å²) in [6.45, 7) is 0.592. The smallest absolute Gasteiger partial charge is 0.197 e. The predicted molar refractivity (Wildman–Crippen MR) is 104 cm³/mol. The molecule has 0 bridgehead atoms.